The summed E-state index contributed by atoms with van der Waals surface area (Å²) in [5, 5.41) is 9.70. The molecule has 0 radical (unpaired) electrons. The van der Waals surface area contributed by atoms with Crippen molar-refractivity contribution in [3.63, 3.8) is 0 Å². The van der Waals surface area contributed by atoms with Crippen LogP contribution in [0.5, 0.6) is 0 Å². The summed E-state index contributed by atoms with van der Waals surface area (Å²) in [7, 11) is 0. The fourth-order valence-corrected chi connectivity index (χ4v) is 2.36. The number of aromatic amines is 1. The summed E-state index contributed by atoms with van der Waals surface area (Å²) in [6, 6.07) is 9.37. The molecule has 3 aromatic rings. The number of furan rings is 1. The lowest BCUT2D eigenvalue weighted by Gasteiger charge is -2.07. The number of aromatic nitrogens is 3. The van der Waals surface area contributed by atoms with E-state index in [-0.39, 0.29) is 5.91 Å². The molecule has 3 aromatic heterocycles. The van der Waals surface area contributed by atoms with E-state index in [4.69, 9.17) is 4.42 Å². The average molecular weight is 324 g/mol. The highest BCUT2D eigenvalue weighted by molar-refractivity contribution is 5.93. The molecule has 0 atom stereocenters. The Morgan fingerprint density at radius 3 is 2.83 bits per heavy atom. The highest BCUT2D eigenvalue weighted by Crippen LogP contribution is 2.20. The predicted molar refractivity (Wildman–Crippen MR) is 90.5 cm³/mol. The Balaban J connectivity index is 1.65. The largest absolute Gasteiger partial charge is 0.460 e. The first-order valence-corrected chi connectivity index (χ1v) is 7.88. The molecule has 0 bridgehead atoms. The van der Waals surface area contributed by atoms with Crippen LogP contribution in [-0.4, -0.2) is 21.1 Å². The number of H-pyrrole nitrogens is 1. The molecule has 24 heavy (non-hydrogen) atoms. The fraction of sp³-hybridized carbons (Fsp3) is 0.278. The Bertz CT molecular complexity index is 848. The first-order valence-electron chi connectivity index (χ1n) is 7.88. The van der Waals surface area contributed by atoms with Gasteiger partial charge in [-0.05, 0) is 42.7 Å². The third-order valence-electron chi connectivity index (χ3n) is 3.75. The molecule has 124 valence electrons. The van der Waals surface area contributed by atoms with Gasteiger partial charge in [0.25, 0.3) is 5.91 Å². The van der Waals surface area contributed by atoms with E-state index < -0.39 is 0 Å². The lowest BCUT2D eigenvalue weighted by Crippen LogP contribution is -2.23. The molecule has 6 heteroatoms. The van der Waals surface area contributed by atoms with E-state index in [1.54, 1.807) is 12.3 Å². The smallest absolute Gasteiger partial charge is 0.272 e. The number of rotatable bonds is 5. The van der Waals surface area contributed by atoms with Gasteiger partial charge in [-0.2, -0.15) is 5.10 Å². The summed E-state index contributed by atoms with van der Waals surface area (Å²) >= 11 is 0. The molecule has 2 N–H and O–H groups in total. The van der Waals surface area contributed by atoms with Crippen LogP contribution in [0.25, 0.3) is 11.5 Å². The Labute approximate surface area is 140 Å². The van der Waals surface area contributed by atoms with Gasteiger partial charge in [0.1, 0.15) is 11.5 Å². The number of carbonyl (C=O) groups excluding carboxylic acids is 1. The number of aryl methyl sites for hydroxylation is 1. The first kappa shape index (κ1) is 16.0. The minimum absolute atomic E-state index is 0.252. The van der Waals surface area contributed by atoms with Crippen molar-refractivity contribution in [2.75, 3.05) is 0 Å². The van der Waals surface area contributed by atoms with Crippen LogP contribution in [0.4, 0.5) is 0 Å². The monoisotopic (exact) mass is 324 g/mol. The van der Waals surface area contributed by atoms with Gasteiger partial charge >= 0.3 is 0 Å². The van der Waals surface area contributed by atoms with E-state index in [1.807, 2.05) is 31.2 Å². The first-order chi connectivity index (χ1) is 11.5. The highest BCUT2D eigenvalue weighted by Gasteiger charge is 2.13. The van der Waals surface area contributed by atoms with Crippen molar-refractivity contribution in [2.24, 2.45) is 0 Å². The Hall–Kier alpha value is -2.89. The molecule has 0 saturated carbocycles. The molecule has 0 aliphatic heterocycles. The third kappa shape index (κ3) is 3.53. The topological polar surface area (TPSA) is 83.8 Å². The van der Waals surface area contributed by atoms with Crippen molar-refractivity contribution in [3.8, 4) is 11.5 Å². The summed E-state index contributed by atoms with van der Waals surface area (Å²) in [5.74, 6) is 1.64. The molecule has 0 aliphatic rings. The standard InChI is InChI=1S/C18H20N4O2/c1-11(2)13-6-7-19-14(8-13)10-20-18(23)16-9-15(21-22-16)17-5-4-12(3)24-17/h4-9,11H,10H2,1-3H3,(H,20,23)(H,21,22). The van der Waals surface area contributed by atoms with Crippen molar-refractivity contribution in [1.29, 1.82) is 0 Å². The van der Waals surface area contributed by atoms with Gasteiger partial charge in [0, 0.05) is 12.3 Å². The number of hydrogen-bond donors (Lipinski definition) is 2. The maximum Gasteiger partial charge on any atom is 0.272 e. The second kappa shape index (κ2) is 6.70. The van der Waals surface area contributed by atoms with Crippen LogP contribution in [0, 0.1) is 6.92 Å². The van der Waals surface area contributed by atoms with Crippen LogP contribution in [0.15, 0.2) is 40.9 Å². The van der Waals surface area contributed by atoms with Gasteiger partial charge in [-0.15, -0.1) is 0 Å². The number of hydrogen-bond acceptors (Lipinski definition) is 4. The maximum atomic E-state index is 12.2. The normalized spacial score (nSPS) is 11.0. The van der Waals surface area contributed by atoms with E-state index in [2.05, 4.69) is 34.3 Å². The summed E-state index contributed by atoms with van der Waals surface area (Å²) in [6.45, 7) is 6.48. The van der Waals surface area contributed by atoms with Gasteiger partial charge in [-0.1, -0.05) is 13.8 Å². The molecule has 0 spiro atoms. The number of nitrogens with zero attached hydrogens (tertiary/aromatic N) is 2. The number of pyridine rings is 1. The van der Waals surface area contributed by atoms with Gasteiger partial charge in [0.05, 0.1) is 12.2 Å². The summed E-state index contributed by atoms with van der Waals surface area (Å²) in [4.78, 5) is 16.5. The lowest BCUT2D eigenvalue weighted by atomic mass is 10.0. The zero-order valence-electron chi connectivity index (χ0n) is 14.0. The average Bonchev–Trinajstić information content (AvgIpc) is 3.21. The minimum atomic E-state index is -0.252. The van der Waals surface area contributed by atoms with Crippen molar-refractivity contribution < 1.29 is 9.21 Å². The van der Waals surface area contributed by atoms with Crippen LogP contribution in [-0.2, 0) is 6.54 Å². The van der Waals surface area contributed by atoms with E-state index in [1.165, 1.54) is 5.56 Å². The van der Waals surface area contributed by atoms with Crippen LogP contribution < -0.4 is 5.32 Å². The van der Waals surface area contributed by atoms with Crippen molar-refractivity contribution in [3.05, 3.63) is 59.2 Å². The van der Waals surface area contributed by atoms with Crippen LogP contribution >= 0.6 is 0 Å². The Morgan fingerprint density at radius 2 is 2.12 bits per heavy atom. The molecule has 0 unspecified atom stereocenters. The van der Waals surface area contributed by atoms with Gasteiger partial charge in [0.15, 0.2) is 11.5 Å². The number of amides is 1. The maximum absolute atomic E-state index is 12.2. The zero-order chi connectivity index (χ0) is 17.1. The van der Waals surface area contributed by atoms with Crippen molar-refractivity contribution in [1.82, 2.24) is 20.5 Å². The molecule has 3 heterocycles. The van der Waals surface area contributed by atoms with Crippen molar-refractivity contribution >= 4 is 5.91 Å². The third-order valence-corrected chi connectivity index (χ3v) is 3.75. The SMILES string of the molecule is Cc1ccc(-c2cc(C(=O)NCc3cc(C(C)C)ccn3)n[nH]2)o1. The Kier molecular flexibility index (Phi) is 4.46. The Morgan fingerprint density at radius 1 is 1.29 bits per heavy atom. The van der Waals surface area contributed by atoms with E-state index in [9.17, 15) is 4.79 Å². The molecule has 3 rings (SSSR count). The zero-order valence-corrected chi connectivity index (χ0v) is 14.0. The predicted octanol–water partition coefficient (Wildman–Crippen LogP) is 3.43. The highest BCUT2D eigenvalue weighted by atomic mass is 16.3. The second-order valence-corrected chi connectivity index (χ2v) is 6.00. The van der Waals surface area contributed by atoms with Gasteiger partial charge in [0.2, 0.25) is 0 Å². The van der Waals surface area contributed by atoms with E-state index >= 15 is 0 Å². The fourth-order valence-electron chi connectivity index (χ4n) is 2.36. The molecule has 0 aromatic carbocycles. The van der Waals surface area contributed by atoms with Gasteiger partial charge in [-0.25, -0.2) is 0 Å². The van der Waals surface area contributed by atoms with E-state index in [0.29, 0.717) is 29.6 Å². The minimum Gasteiger partial charge on any atom is -0.460 e. The number of carbonyl (C=O) groups is 1. The summed E-state index contributed by atoms with van der Waals surface area (Å²) in [6.07, 6.45) is 1.77. The summed E-state index contributed by atoms with van der Waals surface area (Å²) < 4.78 is 5.51. The molecular formula is C18H20N4O2. The number of nitrogens with one attached hydrogen (secondary N) is 2. The molecule has 0 saturated heterocycles. The van der Waals surface area contributed by atoms with Gasteiger partial charge in [-0.3, -0.25) is 14.9 Å². The van der Waals surface area contributed by atoms with Crippen LogP contribution in [0.2, 0.25) is 0 Å². The lowest BCUT2D eigenvalue weighted by molar-refractivity contribution is 0.0945. The summed E-state index contributed by atoms with van der Waals surface area (Å²) in [5.41, 5.74) is 3.02. The molecule has 6 nitrogen and oxygen atoms in total. The molecule has 0 aliphatic carbocycles. The molecule has 1 amide bonds. The van der Waals surface area contributed by atoms with E-state index in [0.717, 1.165) is 11.5 Å². The molecular weight excluding hydrogens is 304 g/mol. The van der Waals surface area contributed by atoms with Crippen molar-refractivity contribution in [2.45, 2.75) is 33.2 Å². The van der Waals surface area contributed by atoms with Crippen LogP contribution in [0.3, 0.4) is 0 Å². The molecule has 0 fully saturated rings. The van der Waals surface area contributed by atoms with Gasteiger partial charge < -0.3 is 9.73 Å². The second-order valence-electron chi connectivity index (χ2n) is 6.00. The van der Waals surface area contributed by atoms with Crippen LogP contribution in [0.1, 0.15) is 47.3 Å². The quantitative estimate of drug-likeness (QED) is 0.753.